The number of nitrogens with zero attached hydrogens (tertiary/aromatic N) is 2. The Balaban J connectivity index is 1.57. The number of hydrogen-bond donors (Lipinski definition) is 1. The summed E-state index contributed by atoms with van der Waals surface area (Å²) in [4.78, 5) is 29.0. The van der Waals surface area contributed by atoms with Gasteiger partial charge in [-0.15, -0.1) is 0 Å². The van der Waals surface area contributed by atoms with Gasteiger partial charge < -0.3 is 19.1 Å². The Kier molecular flexibility index (Phi) is 8.28. The van der Waals surface area contributed by atoms with Crippen molar-refractivity contribution in [1.82, 2.24) is 9.47 Å². The monoisotopic (exact) mass is 604 g/mol. The van der Waals surface area contributed by atoms with Gasteiger partial charge in [-0.1, -0.05) is 48.5 Å². The van der Waals surface area contributed by atoms with Gasteiger partial charge in [0, 0.05) is 17.6 Å². The Morgan fingerprint density at radius 3 is 2.17 bits per heavy atom. The SMILES string of the molecule is CCOC(=O)c1c(CN2CCC(C(=O)OCC)(c3ccccc3)CC2)n(-c2ccccc2)c2cc(Br)c(O)cc12. The first kappa shape index (κ1) is 27.9. The van der Waals surface area contributed by atoms with E-state index in [0.717, 1.165) is 22.5 Å². The molecule has 1 N–H and O–H groups in total. The molecule has 1 fully saturated rings. The van der Waals surface area contributed by atoms with Crippen LogP contribution in [-0.4, -0.2) is 52.8 Å². The molecule has 0 saturated carbocycles. The van der Waals surface area contributed by atoms with Crippen molar-refractivity contribution in [3.05, 3.63) is 94.1 Å². The summed E-state index contributed by atoms with van der Waals surface area (Å²) in [6, 6.07) is 23.2. The molecule has 4 aromatic rings. The molecule has 1 aromatic heterocycles. The Morgan fingerprint density at radius 1 is 0.925 bits per heavy atom. The van der Waals surface area contributed by atoms with E-state index in [1.54, 1.807) is 13.0 Å². The third-order valence-corrected chi connectivity index (χ3v) is 8.34. The molecule has 3 aromatic carbocycles. The molecule has 0 amide bonds. The van der Waals surface area contributed by atoms with Crippen molar-refractivity contribution in [3.8, 4) is 11.4 Å². The summed E-state index contributed by atoms with van der Waals surface area (Å²) < 4.78 is 13.7. The maximum Gasteiger partial charge on any atom is 0.340 e. The molecule has 40 heavy (non-hydrogen) atoms. The standard InChI is InChI=1S/C32H33BrN2O5/c1-3-39-30(37)29-24-19-28(36)25(33)20-26(24)35(23-13-9-6-10-14-23)27(29)21-34-17-15-32(16-18-34,31(38)40-4-2)22-11-7-5-8-12-22/h5-14,19-20,36H,3-4,15-18,21H2,1-2H3. The zero-order valence-corrected chi connectivity index (χ0v) is 24.3. The molecule has 0 aliphatic carbocycles. The van der Waals surface area contributed by atoms with Crippen LogP contribution in [0.1, 0.15) is 48.3 Å². The lowest BCUT2D eigenvalue weighted by atomic mass is 9.72. The van der Waals surface area contributed by atoms with Crippen LogP contribution in [0.2, 0.25) is 0 Å². The lowest BCUT2D eigenvalue weighted by molar-refractivity contribution is -0.152. The lowest BCUT2D eigenvalue weighted by Gasteiger charge is -2.40. The first-order valence-corrected chi connectivity index (χ1v) is 14.4. The van der Waals surface area contributed by atoms with Crippen molar-refractivity contribution >= 4 is 38.8 Å². The summed E-state index contributed by atoms with van der Waals surface area (Å²) in [6.45, 7) is 5.93. The van der Waals surface area contributed by atoms with Gasteiger partial charge in [0.1, 0.15) is 5.75 Å². The maximum atomic E-state index is 13.4. The van der Waals surface area contributed by atoms with Crippen LogP contribution in [0.25, 0.3) is 16.6 Å². The number of rotatable bonds is 8. The molecule has 0 radical (unpaired) electrons. The fourth-order valence-electron chi connectivity index (χ4n) is 5.74. The molecule has 0 bridgehead atoms. The van der Waals surface area contributed by atoms with Crippen LogP contribution in [0.5, 0.6) is 5.75 Å². The van der Waals surface area contributed by atoms with Gasteiger partial charge in [0.2, 0.25) is 0 Å². The van der Waals surface area contributed by atoms with Gasteiger partial charge in [0.05, 0.1) is 39.9 Å². The average molecular weight is 606 g/mol. The number of para-hydroxylation sites is 1. The van der Waals surface area contributed by atoms with E-state index in [2.05, 4.69) is 25.4 Å². The highest BCUT2D eigenvalue weighted by Gasteiger charge is 2.44. The van der Waals surface area contributed by atoms with Gasteiger partial charge >= 0.3 is 11.9 Å². The minimum absolute atomic E-state index is 0.0508. The van der Waals surface area contributed by atoms with E-state index < -0.39 is 11.4 Å². The van der Waals surface area contributed by atoms with E-state index in [0.29, 0.717) is 54.5 Å². The summed E-state index contributed by atoms with van der Waals surface area (Å²) in [6.07, 6.45) is 1.20. The predicted molar refractivity (Wildman–Crippen MR) is 158 cm³/mol. The Labute approximate surface area is 242 Å². The zero-order valence-electron chi connectivity index (χ0n) is 22.7. The number of aromatic nitrogens is 1. The molecule has 2 heterocycles. The molecular formula is C32H33BrN2O5. The second kappa shape index (κ2) is 11.9. The number of carbonyl (C=O) groups excluding carboxylic acids is 2. The largest absolute Gasteiger partial charge is 0.507 e. The van der Waals surface area contributed by atoms with Crippen molar-refractivity contribution < 1.29 is 24.2 Å². The van der Waals surface area contributed by atoms with E-state index in [-0.39, 0.29) is 18.3 Å². The lowest BCUT2D eigenvalue weighted by Crippen LogP contribution is -2.48. The molecule has 1 aliphatic heterocycles. The van der Waals surface area contributed by atoms with Gasteiger partial charge in [-0.05, 0) is 85.5 Å². The summed E-state index contributed by atoms with van der Waals surface area (Å²) in [7, 11) is 0. The predicted octanol–water partition coefficient (Wildman–Crippen LogP) is 6.37. The van der Waals surface area contributed by atoms with Gasteiger partial charge in [0.15, 0.2) is 0 Å². The highest BCUT2D eigenvalue weighted by atomic mass is 79.9. The fourth-order valence-corrected chi connectivity index (χ4v) is 6.08. The second-order valence-electron chi connectivity index (χ2n) is 9.98. The van der Waals surface area contributed by atoms with Gasteiger partial charge in [-0.25, -0.2) is 4.79 Å². The molecule has 8 heteroatoms. The Morgan fingerprint density at radius 2 is 1.55 bits per heavy atom. The third kappa shape index (κ3) is 5.13. The van der Waals surface area contributed by atoms with Crippen molar-refractivity contribution in [2.75, 3.05) is 26.3 Å². The zero-order chi connectivity index (χ0) is 28.3. The molecule has 0 atom stereocenters. The van der Waals surface area contributed by atoms with E-state index in [1.807, 2.05) is 73.7 Å². The number of ether oxygens (including phenoxy) is 2. The maximum absolute atomic E-state index is 13.4. The quantitative estimate of drug-likeness (QED) is 0.235. The Bertz CT molecular complexity index is 1510. The van der Waals surface area contributed by atoms with Crippen LogP contribution in [0, 0.1) is 0 Å². The normalized spacial score (nSPS) is 15.2. The molecule has 5 rings (SSSR count). The van der Waals surface area contributed by atoms with Crippen LogP contribution < -0.4 is 0 Å². The van der Waals surface area contributed by atoms with Crippen LogP contribution in [0.3, 0.4) is 0 Å². The van der Waals surface area contributed by atoms with Gasteiger partial charge in [0.25, 0.3) is 0 Å². The topological polar surface area (TPSA) is 81.0 Å². The van der Waals surface area contributed by atoms with Crippen LogP contribution in [0.15, 0.2) is 77.3 Å². The number of phenols is 1. The van der Waals surface area contributed by atoms with E-state index in [9.17, 15) is 14.7 Å². The van der Waals surface area contributed by atoms with Gasteiger partial charge in [-0.3, -0.25) is 9.69 Å². The van der Waals surface area contributed by atoms with Crippen molar-refractivity contribution in [3.63, 3.8) is 0 Å². The van der Waals surface area contributed by atoms with Crippen molar-refractivity contribution in [2.45, 2.75) is 38.6 Å². The number of likely N-dealkylation sites (tertiary alicyclic amines) is 1. The Hall–Kier alpha value is -3.62. The van der Waals surface area contributed by atoms with Crippen LogP contribution in [0.4, 0.5) is 0 Å². The number of hydrogen-bond acceptors (Lipinski definition) is 6. The first-order chi connectivity index (χ1) is 19.4. The minimum atomic E-state index is -0.708. The van der Waals surface area contributed by atoms with Crippen LogP contribution >= 0.6 is 15.9 Å². The summed E-state index contributed by atoms with van der Waals surface area (Å²) in [5.41, 5.74) is 3.17. The molecule has 0 unspecified atom stereocenters. The third-order valence-electron chi connectivity index (χ3n) is 7.70. The number of fused-ring (bicyclic) bond motifs is 1. The number of benzene rings is 3. The van der Waals surface area contributed by atoms with Gasteiger partial charge in [-0.2, -0.15) is 0 Å². The number of esters is 2. The molecule has 0 spiro atoms. The molecular weight excluding hydrogens is 572 g/mol. The average Bonchev–Trinajstić information content (AvgIpc) is 3.27. The minimum Gasteiger partial charge on any atom is -0.507 e. The van der Waals surface area contributed by atoms with E-state index in [4.69, 9.17) is 9.47 Å². The number of piperidine rings is 1. The highest BCUT2D eigenvalue weighted by Crippen LogP contribution is 2.40. The van der Waals surface area contributed by atoms with Crippen LogP contribution in [-0.2, 0) is 26.2 Å². The fraction of sp³-hybridized carbons (Fsp3) is 0.312. The smallest absolute Gasteiger partial charge is 0.340 e. The molecule has 7 nitrogen and oxygen atoms in total. The second-order valence-corrected chi connectivity index (χ2v) is 10.8. The highest BCUT2D eigenvalue weighted by molar-refractivity contribution is 9.10. The van der Waals surface area contributed by atoms with E-state index in [1.165, 1.54) is 0 Å². The summed E-state index contributed by atoms with van der Waals surface area (Å²) in [5.74, 6) is -0.567. The van der Waals surface area contributed by atoms with E-state index >= 15 is 0 Å². The first-order valence-electron chi connectivity index (χ1n) is 13.6. The number of halogens is 1. The van der Waals surface area contributed by atoms with Crippen molar-refractivity contribution in [1.29, 1.82) is 0 Å². The summed E-state index contributed by atoms with van der Waals surface area (Å²) >= 11 is 3.45. The number of aromatic hydroxyl groups is 1. The number of carbonyl (C=O) groups is 2. The summed E-state index contributed by atoms with van der Waals surface area (Å²) in [5, 5.41) is 11.2. The molecule has 1 aliphatic rings. The molecule has 1 saturated heterocycles. The molecule has 208 valence electrons. The number of phenolic OH excluding ortho intramolecular Hbond substituents is 1. The van der Waals surface area contributed by atoms with Crippen molar-refractivity contribution in [2.24, 2.45) is 0 Å².